The zero-order chi connectivity index (χ0) is 25.5. The lowest BCUT2D eigenvalue weighted by Gasteiger charge is -2.38. The number of nitrogens with one attached hydrogen (secondary N) is 1. The average Bonchev–Trinajstić information content (AvgIpc) is 2.85. The van der Waals surface area contributed by atoms with Gasteiger partial charge in [-0.05, 0) is 29.0 Å². The van der Waals surface area contributed by atoms with Crippen molar-refractivity contribution >= 4 is 34.7 Å². The SMILES string of the molecule is COC(=O)[C@@H]1Cc2ccccc2CN1C(=O)[C@@H](NC(=O)[C@H](Cc1ccccc1)SC(C)=O)C(C)C. The summed E-state index contributed by atoms with van der Waals surface area (Å²) in [5.41, 5.74) is 2.88. The van der Waals surface area contributed by atoms with E-state index in [1.807, 2.05) is 68.4 Å². The van der Waals surface area contributed by atoms with Crippen LogP contribution in [0.4, 0.5) is 0 Å². The molecule has 1 aliphatic rings. The maximum Gasteiger partial charge on any atom is 0.328 e. The van der Waals surface area contributed by atoms with Crippen LogP contribution in [0.25, 0.3) is 0 Å². The van der Waals surface area contributed by atoms with E-state index in [2.05, 4.69) is 5.32 Å². The van der Waals surface area contributed by atoms with Gasteiger partial charge in [-0.1, -0.05) is 80.2 Å². The zero-order valence-corrected chi connectivity index (χ0v) is 21.3. The van der Waals surface area contributed by atoms with Crippen molar-refractivity contribution in [3.05, 3.63) is 71.3 Å². The Morgan fingerprint density at radius 2 is 1.66 bits per heavy atom. The molecular weight excluding hydrogens is 464 g/mol. The highest BCUT2D eigenvalue weighted by Gasteiger charge is 2.40. The van der Waals surface area contributed by atoms with Crippen LogP contribution in [0.3, 0.4) is 0 Å². The van der Waals surface area contributed by atoms with Gasteiger partial charge in [-0.25, -0.2) is 4.79 Å². The number of fused-ring (bicyclic) bond motifs is 1. The van der Waals surface area contributed by atoms with Gasteiger partial charge in [0.05, 0.1) is 12.4 Å². The summed E-state index contributed by atoms with van der Waals surface area (Å²) in [6.07, 6.45) is 0.710. The summed E-state index contributed by atoms with van der Waals surface area (Å²) >= 11 is 0.953. The molecule has 0 saturated heterocycles. The Morgan fingerprint density at radius 1 is 1.03 bits per heavy atom. The Balaban J connectivity index is 1.84. The Labute approximate surface area is 210 Å². The number of thioether (sulfide) groups is 1. The molecule has 0 aromatic heterocycles. The van der Waals surface area contributed by atoms with E-state index in [1.165, 1.54) is 18.9 Å². The Kier molecular flexibility index (Phi) is 9.09. The molecule has 186 valence electrons. The fraction of sp³-hybridized carbons (Fsp3) is 0.407. The first-order valence-corrected chi connectivity index (χ1v) is 12.6. The topological polar surface area (TPSA) is 92.8 Å². The molecule has 0 fully saturated rings. The first-order chi connectivity index (χ1) is 16.7. The van der Waals surface area contributed by atoms with E-state index in [0.717, 1.165) is 28.5 Å². The number of nitrogens with zero attached hydrogens (tertiary/aromatic N) is 1. The predicted octanol–water partition coefficient (Wildman–Crippen LogP) is 3.14. The minimum atomic E-state index is -0.856. The van der Waals surface area contributed by atoms with E-state index in [1.54, 1.807) is 0 Å². The molecule has 35 heavy (non-hydrogen) atoms. The fourth-order valence-electron chi connectivity index (χ4n) is 4.26. The number of hydrogen-bond donors (Lipinski definition) is 1. The first-order valence-electron chi connectivity index (χ1n) is 11.7. The van der Waals surface area contributed by atoms with Crippen molar-refractivity contribution in [3.63, 3.8) is 0 Å². The smallest absolute Gasteiger partial charge is 0.328 e. The molecule has 0 saturated carbocycles. The van der Waals surface area contributed by atoms with Crippen LogP contribution in [0.15, 0.2) is 54.6 Å². The van der Waals surface area contributed by atoms with E-state index < -0.39 is 23.3 Å². The Bertz CT molecular complexity index is 1070. The lowest BCUT2D eigenvalue weighted by atomic mass is 9.92. The molecule has 7 nitrogen and oxygen atoms in total. The van der Waals surface area contributed by atoms with Crippen molar-refractivity contribution in [1.82, 2.24) is 10.2 Å². The van der Waals surface area contributed by atoms with Gasteiger partial charge in [0.2, 0.25) is 11.8 Å². The van der Waals surface area contributed by atoms with Gasteiger partial charge in [0.25, 0.3) is 0 Å². The van der Waals surface area contributed by atoms with Gasteiger partial charge in [0.1, 0.15) is 12.1 Å². The quantitative estimate of drug-likeness (QED) is 0.565. The molecule has 0 radical (unpaired) electrons. The van der Waals surface area contributed by atoms with Crippen LogP contribution in [-0.4, -0.2) is 52.2 Å². The van der Waals surface area contributed by atoms with Gasteiger partial charge < -0.3 is 15.0 Å². The van der Waals surface area contributed by atoms with Crippen LogP contribution in [0.2, 0.25) is 0 Å². The molecule has 1 heterocycles. The molecule has 1 aliphatic heterocycles. The molecule has 3 atom stereocenters. The molecule has 2 aromatic carbocycles. The van der Waals surface area contributed by atoms with Crippen LogP contribution in [0.5, 0.6) is 0 Å². The van der Waals surface area contributed by atoms with Crippen molar-refractivity contribution < 1.29 is 23.9 Å². The molecule has 8 heteroatoms. The lowest BCUT2D eigenvalue weighted by Crippen LogP contribution is -2.58. The highest BCUT2D eigenvalue weighted by atomic mass is 32.2. The number of amides is 2. The summed E-state index contributed by atoms with van der Waals surface area (Å²) in [4.78, 5) is 53.0. The second kappa shape index (κ2) is 12.0. The standard InChI is InChI=1S/C27H32N2O5S/c1-17(2)24(28-25(31)23(35-18(3)30)14-19-10-6-5-7-11-19)26(32)29-16-21-13-9-8-12-20(21)15-22(29)27(33)34-4/h5-13,17,22-24H,14-16H2,1-4H3,(H,28,31)/t22-,23-,24-/m0/s1. The van der Waals surface area contributed by atoms with Crippen LogP contribution < -0.4 is 5.32 Å². The third-order valence-corrected chi connectivity index (χ3v) is 7.10. The normalized spacial score (nSPS) is 16.7. The van der Waals surface area contributed by atoms with Crippen LogP contribution in [0, 0.1) is 5.92 Å². The van der Waals surface area contributed by atoms with Crippen LogP contribution in [-0.2, 0) is 43.3 Å². The number of methoxy groups -OCH3 is 1. The monoisotopic (exact) mass is 496 g/mol. The maximum atomic E-state index is 13.7. The minimum Gasteiger partial charge on any atom is -0.467 e. The second-order valence-electron chi connectivity index (χ2n) is 9.00. The summed E-state index contributed by atoms with van der Waals surface area (Å²) in [7, 11) is 1.31. The third kappa shape index (κ3) is 6.72. The van der Waals surface area contributed by atoms with Gasteiger partial charge in [0.15, 0.2) is 5.12 Å². The molecule has 3 rings (SSSR count). The highest BCUT2D eigenvalue weighted by molar-refractivity contribution is 8.14. The van der Waals surface area contributed by atoms with Gasteiger partial charge in [0, 0.05) is 19.9 Å². The van der Waals surface area contributed by atoms with E-state index in [4.69, 9.17) is 4.74 Å². The number of rotatable bonds is 8. The lowest BCUT2D eigenvalue weighted by molar-refractivity contribution is -0.155. The summed E-state index contributed by atoms with van der Waals surface area (Å²) in [6, 6.07) is 15.5. The van der Waals surface area contributed by atoms with E-state index in [9.17, 15) is 19.2 Å². The van der Waals surface area contributed by atoms with Crippen molar-refractivity contribution in [3.8, 4) is 0 Å². The van der Waals surface area contributed by atoms with E-state index in [-0.39, 0.29) is 29.4 Å². The van der Waals surface area contributed by atoms with Crippen molar-refractivity contribution in [1.29, 1.82) is 0 Å². The second-order valence-corrected chi connectivity index (χ2v) is 10.4. The maximum absolute atomic E-state index is 13.7. The number of hydrogen-bond acceptors (Lipinski definition) is 6. The number of carbonyl (C=O) groups excluding carboxylic acids is 4. The van der Waals surface area contributed by atoms with E-state index in [0.29, 0.717) is 12.8 Å². The third-order valence-electron chi connectivity index (χ3n) is 6.10. The van der Waals surface area contributed by atoms with Gasteiger partial charge in [-0.2, -0.15) is 0 Å². The summed E-state index contributed by atoms with van der Waals surface area (Å²) in [5, 5.41) is 2.03. The summed E-state index contributed by atoms with van der Waals surface area (Å²) < 4.78 is 4.99. The molecular formula is C27H32N2O5S. The van der Waals surface area contributed by atoms with Crippen LogP contribution in [0.1, 0.15) is 37.5 Å². The molecule has 2 amide bonds. The van der Waals surface area contributed by atoms with Gasteiger partial charge >= 0.3 is 5.97 Å². The van der Waals surface area contributed by atoms with E-state index >= 15 is 0 Å². The molecule has 0 aliphatic carbocycles. The molecule has 0 bridgehead atoms. The average molecular weight is 497 g/mol. The highest BCUT2D eigenvalue weighted by Crippen LogP contribution is 2.26. The van der Waals surface area contributed by atoms with Crippen molar-refractivity contribution in [2.75, 3.05) is 7.11 Å². The number of esters is 1. The summed E-state index contributed by atoms with van der Waals surface area (Å²) in [6.45, 7) is 5.37. The first kappa shape index (κ1) is 26.5. The molecule has 1 N–H and O–H groups in total. The van der Waals surface area contributed by atoms with Crippen LogP contribution >= 0.6 is 11.8 Å². The largest absolute Gasteiger partial charge is 0.467 e. The molecule has 0 spiro atoms. The van der Waals surface area contributed by atoms with Crippen molar-refractivity contribution in [2.24, 2.45) is 5.92 Å². The van der Waals surface area contributed by atoms with Crippen molar-refractivity contribution in [2.45, 2.75) is 57.5 Å². The molecule has 0 unspecified atom stereocenters. The Morgan fingerprint density at radius 3 is 2.26 bits per heavy atom. The number of carbonyl (C=O) groups is 4. The number of benzene rings is 2. The Hall–Kier alpha value is -3.13. The fourth-order valence-corrected chi connectivity index (χ4v) is 5.11. The zero-order valence-electron chi connectivity index (χ0n) is 20.5. The van der Waals surface area contributed by atoms with Gasteiger partial charge in [-0.3, -0.25) is 14.4 Å². The molecule has 2 aromatic rings. The predicted molar refractivity (Wildman–Crippen MR) is 135 cm³/mol. The minimum absolute atomic E-state index is 0.174. The number of ether oxygens (including phenoxy) is 1. The van der Waals surface area contributed by atoms with Gasteiger partial charge in [-0.15, -0.1) is 0 Å². The summed E-state index contributed by atoms with van der Waals surface area (Å²) in [5.74, 6) is -1.45.